The van der Waals surface area contributed by atoms with Crippen LogP contribution in [0.4, 0.5) is 24.7 Å². The van der Waals surface area contributed by atoms with Crippen LogP contribution in [-0.2, 0) is 12.7 Å². The van der Waals surface area contributed by atoms with E-state index < -0.39 is 11.7 Å². The first kappa shape index (κ1) is 16.6. The lowest BCUT2D eigenvalue weighted by Crippen LogP contribution is -2.31. The first-order chi connectivity index (χ1) is 11.3. The van der Waals surface area contributed by atoms with Crippen LogP contribution in [0.15, 0.2) is 24.3 Å². The summed E-state index contributed by atoms with van der Waals surface area (Å²) in [5, 5.41) is 8.21. The standard InChI is InChI=1S/C15H15ClF3N5/c1-2-23-8-24(11-12(20)21-14(16)22-13(11)23)7-9-3-5-10(6-4-9)15(17,18)19/h3-6H,2,7-8H2,1H3,(H2,20,21,22). The number of benzene rings is 1. The Hall–Kier alpha value is -2.22. The molecule has 24 heavy (non-hydrogen) atoms. The Balaban J connectivity index is 1.89. The maximum absolute atomic E-state index is 12.6. The molecule has 5 nitrogen and oxygen atoms in total. The molecule has 1 aromatic carbocycles. The molecule has 0 fully saturated rings. The Morgan fingerprint density at radius 1 is 1.25 bits per heavy atom. The van der Waals surface area contributed by atoms with Crippen LogP contribution < -0.4 is 15.3 Å². The van der Waals surface area contributed by atoms with Gasteiger partial charge in [-0.15, -0.1) is 0 Å². The topological polar surface area (TPSA) is 59.0 Å². The number of hydrogen-bond acceptors (Lipinski definition) is 4. The van der Waals surface area contributed by atoms with E-state index in [-0.39, 0.29) is 10.8 Å². The van der Waals surface area contributed by atoms with Crippen molar-refractivity contribution >= 4 is 23.1 Å². The summed E-state index contributed by atoms with van der Waals surface area (Å²) < 4.78 is 37.9. The third kappa shape index (κ3) is 3.06. The van der Waals surface area contributed by atoms with Gasteiger partial charge in [0.15, 0.2) is 11.3 Å². The molecule has 1 aliphatic heterocycles. The van der Waals surface area contributed by atoms with Crippen LogP contribution in [-0.4, -0.2) is 23.2 Å². The van der Waals surface area contributed by atoms with Gasteiger partial charge in [0.25, 0.3) is 0 Å². The van der Waals surface area contributed by atoms with Crippen molar-refractivity contribution in [3.05, 3.63) is 46.2 Å². The number of rotatable bonds is 3. The third-order valence-electron chi connectivity index (χ3n) is 3.87. The summed E-state index contributed by atoms with van der Waals surface area (Å²) in [6.45, 7) is 3.52. The lowest BCUT2D eigenvalue weighted by Gasteiger charge is -2.20. The monoisotopic (exact) mass is 357 g/mol. The van der Waals surface area contributed by atoms with Crippen LogP contribution in [0.3, 0.4) is 0 Å². The number of nitrogens with one attached hydrogen (secondary N) is 2. The van der Waals surface area contributed by atoms with Gasteiger partial charge < -0.3 is 14.8 Å². The van der Waals surface area contributed by atoms with Crippen LogP contribution in [0.1, 0.15) is 18.1 Å². The highest BCUT2D eigenvalue weighted by molar-refractivity contribution is 6.28. The predicted octanol–water partition coefficient (Wildman–Crippen LogP) is 3.37. The van der Waals surface area contributed by atoms with Gasteiger partial charge in [-0.2, -0.15) is 18.2 Å². The summed E-state index contributed by atoms with van der Waals surface area (Å²) in [5.41, 5.74) is 0.779. The Bertz CT molecular complexity index is 800. The fourth-order valence-corrected chi connectivity index (χ4v) is 2.88. The number of nitrogens with zero attached hydrogens (tertiary/aromatic N) is 3. The van der Waals surface area contributed by atoms with Crippen molar-refractivity contribution in [3.63, 3.8) is 0 Å². The SMILES string of the molecule is CCN1CN(Cc2ccc(C(F)(F)F)cc2)c2c1nc(Cl)[nH]c2=N. The average Bonchev–Trinajstić information content (AvgIpc) is 2.84. The summed E-state index contributed by atoms with van der Waals surface area (Å²) in [6.07, 6.45) is -4.35. The minimum atomic E-state index is -4.35. The number of fused-ring (bicyclic) bond motifs is 1. The number of halogens is 4. The van der Waals surface area contributed by atoms with E-state index in [0.717, 1.165) is 17.7 Å². The van der Waals surface area contributed by atoms with Crippen molar-refractivity contribution in [2.45, 2.75) is 19.6 Å². The van der Waals surface area contributed by atoms with Gasteiger partial charge in [0.1, 0.15) is 5.69 Å². The first-order valence-electron chi connectivity index (χ1n) is 7.30. The molecule has 0 saturated carbocycles. The molecule has 3 rings (SSSR count). The number of anilines is 2. The number of hydrogen-bond donors (Lipinski definition) is 2. The van der Waals surface area contributed by atoms with E-state index in [9.17, 15) is 13.2 Å². The summed E-state index contributed by atoms with van der Waals surface area (Å²) in [7, 11) is 0. The molecular weight excluding hydrogens is 343 g/mol. The molecule has 2 N–H and O–H groups in total. The van der Waals surface area contributed by atoms with Crippen LogP contribution in [0, 0.1) is 5.41 Å². The van der Waals surface area contributed by atoms with Crippen LogP contribution in [0.5, 0.6) is 0 Å². The van der Waals surface area contributed by atoms with Crippen LogP contribution >= 0.6 is 11.6 Å². The highest BCUT2D eigenvalue weighted by Gasteiger charge is 2.31. The normalized spacial score (nSPS) is 14.2. The molecule has 0 radical (unpaired) electrons. The van der Waals surface area contributed by atoms with E-state index >= 15 is 0 Å². The van der Waals surface area contributed by atoms with Gasteiger partial charge in [0, 0.05) is 13.1 Å². The minimum absolute atomic E-state index is 0.132. The highest BCUT2D eigenvalue weighted by Crippen LogP contribution is 2.33. The van der Waals surface area contributed by atoms with Gasteiger partial charge in [0.05, 0.1) is 12.2 Å². The molecule has 2 aromatic rings. The van der Waals surface area contributed by atoms with Gasteiger partial charge >= 0.3 is 6.18 Å². The van der Waals surface area contributed by atoms with Crippen molar-refractivity contribution in [2.24, 2.45) is 0 Å². The Kier molecular flexibility index (Phi) is 4.16. The van der Waals surface area contributed by atoms with E-state index in [1.165, 1.54) is 12.1 Å². The Morgan fingerprint density at radius 2 is 1.92 bits per heavy atom. The smallest absolute Gasteiger partial charge is 0.343 e. The summed E-state index contributed by atoms with van der Waals surface area (Å²) in [4.78, 5) is 10.7. The second-order valence-corrected chi connectivity index (χ2v) is 5.82. The van der Waals surface area contributed by atoms with Crippen molar-refractivity contribution in [2.75, 3.05) is 23.0 Å². The molecule has 2 heterocycles. The maximum Gasteiger partial charge on any atom is 0.416 e. The molecular formula is C15H15ClF3N5. The summed E-state index contributed by atoms with van der Waals surface area (Å²) in [5.74, 6) is 0.609. The summed E-state index contributed by atoms with van der Waals surface area (Å²) >= 11 is 5.88. The van der Waals surface area contributed by atoms with E-state index in [0.29, 0.717) is 31.3 Å². The number of aromatic amines is 1. The third-order valence-corrected chi connectivity index (χ3v) is 4.05. The van der Waals surface area contributed by atoms with Crippen LogP contribution in [0.25, 0.3) is 0 Å². The maximum atomic E-state index is 12.6. The van der Waals surface area contributed by atoms with Gasteiger partial charge in [-0.05, 0) is 36.2 Å². The van der Waals surface area contributed by atoms with Gasteiger partial charge in [-0.3, -0.25) is 5.41 Å². The van der Waals surface area contributed by atoms with E-state index in [1.807, 2.05) is 16.7 Å². The predicted molar refractivity (Wildman–Crippen MR) is 85.0 cm³/mol. The largest absolute Gasteiger partial charge is 0.416 e. The molecule has 1 aliphatic rings. The van der Waals surface area contributed by atoms with E-state index in [2.05, 4.69) is 9.97 Å². The van der Waals surface area contributed by atoms with E-state index in [1.54, 1.807) is 0 Å². The molecule has 1 aromatic heterocycles. The van der Waals surface area contributed by atoms with Gasteiger partial charge in [0.2, 0.25) is 5.28 Å². The molecule has 0 bridgehead atoms. The quantitative estimate of drug-likeness (QED) is 0.828. The van der Waals surface area contributed by atoms with E-state index in [4.69, 9.17) is 17.0 Å². The minimum Gasteiger partial charge on any atom is -0.343 e. The molecule has 0 saturated heterocycles. The molecule has 9 heteroatoms. The molecule has 0 spiro atoms. The molecule has 128 valence electrons. The molecule has 0 amide bonds. The lowest BCUT2D eigenvalue weighted by atomic mass is 10.1. The van der Waals surface area contributed by atoms with Crippen molar-refractivity contribution in [1.82, 2.24) is 9.97 Å². The van der Waals surface area contributed by atoms with Crippen molar-refractivity contribution < 1.29 is 13.2 Å². The zero-order valence-electron chi connectivity index (χ0n) is 12.8. The number of aromatic nitrogens is 2. The molecule has 0 aliphatic carbocycles. The lowest BCUT2D eigenvalue weighted by molar-refractivity contribution is -0.137. The van der Waals surface area contributed by atoms with Crippen molar-refractivity contribution in [1.29, 1.82) is 5.41 Å². The second-order valence-electron chi connectivity index (χ2n) is 5.46. The number of alkyl halides is 3. The Labute approximate surface area is 141 Å². The zero-order valence-corrected chi connectivity index (χ0v) is 13.5. The fourth-order valence-electron chi connectivity index (χ4n) is 2.71. The highest BCUT2D eigenvalue weighted by atomic mass is 35.5. The first-order valence-corrected chi connectivity index (χ1v) is 7.68. The number of H-pyrrole nitrogens is 1. The van der Waals surface area contributed by atoms with Crippen LogP contribution in [0.2, 0.25) is 5.28 Å². The molecule has 0 atom stereocenters. The summed E-state index contributed by atoms with van der Waals surface area (Å²) in [6, 6.07) is 5.04. The second kappa shape index (κ2) is 6.01. The zero-order chi connectivity index (χ0) is 17.5. The van der Waals surface area contributed by atoms with Crippen molar-refractivity contribution in [3.8, 4) is 0 Å². The van der Waals surface area contributed by atoms with Gasteiger partial charge in [-0.25, -0.2) is 0 Å². The average molecular weight is 358 g/mol. The molecule has 0 unspecified atom stereocenters. The Morgan fingerprint density at radius 3 is 2.50 bits per heavy atom. The van der Waals surface area contributed by atoms with Gasteiger partial charge in [-0.1, -0.05) is 12.1 Å². The fraction of sp³-hybridized carbons (Fsp3) is 0.333.